The van der Waals surface area contributed by atoms with Crippen molar-refractivity contribution in [2.24, 2.45) is 5.84 Å². The quantitative estimate of drug-likeness (QED) is 0.665. The van der Waals surface area contributed by atoms with E-state index in [1.807, 2.05) is 13.8 Å². The number of hydrogen-bond donors (Lipinski definition) is 2. The fraction of sp³-hybridized carbons (Fsp3) is 0.231. The number of nitrogens with two attached hydrogens (primary N) is 1. The Hall–Kier alpha value is -2.28. The van der Waals surface area contributed by atoms with Crippen LogP contribution >= 0.6 is 0 Å². The molecule has 1 heterocycles. The molecule has 0 amide bonds. The fourth-order valence-electron chi connectivity index (χ4n) is 1.75. The number of nitrogens with zero attached hydrogens (tertiary/aromatic N) is 2. The molecule has 7 heteroatoms. The van der Waals surface area contributed by atoms with Crippen molar-refractivity contribution in [2.45, 2.75) is 19.8 Å². The normalized spacial score (nSPS) is 10.7. The van der Waals surface area contributed by atoms with Crippen LogP contribution in [0.25, 0.3) is 0 Å². The van der Waals surface area contributed by atoms with Gasteiger partial charge in [0, 0.05) is 6.07 Å². The third-order valence-corrected chi connectivity index (χ3v) is 2.67. The average molecular weight is 280 g/mol. The molecular formula is C13H14F2N4O. The Labute approximate surface area is 114 Å². The summed E-state index contributed by atoms with van der Waals surface area (Å²) < 4.78 is 31.5. The number of ether oxygens (including phenoxy) is 1. The average Bonchev–Trinajstić information content (AvgIpc) is 2.42. The third kappa shape index (κ3) is 2.83. The van der Waals surface area contributed by atoms with E-state index in [-0.39, 0.29) is 17.5 Å². The van der Waals surface area contributed by atoms with Gasteiger partial charge in [0.2, 0.25) is 5.88 Å². The molecular weight excluding hydrogens is 266 g/mol. The molecule has 0 saturated carbocycles. The van der Waals surface area contributed by atoms with Crippen LogP contribution in [0.5, 0.6) is 11.6 Å². The van der Waals surface area contributed by atoms with E-state index in [4.69, 9.17) is 10.6 Å². The molecule has 0 aliphatic carbocycles. The molecule has 2 aromatic rings. The Kier molecular flexibility index (Phi) is 4.09. The zero-order valence-corrected chi connectivity index (χ0v) is 11.0. The lowest BCUT2D eigenvalue weighted by Gasteiger charge is -2.15. The van der Waals surface area contributed by atoms with Crippen LogP contribution < -0.4 is 16.0 Å². The number of aromatic nitrogens is 2. The lowest BCUT2D eigenvalue weighted by molar-refractivity contribution is 0.439. The first-order valence-electron chi connectivity index (χ1n) is 5.97. The molecule has 2 rings (SSSR count). The summed E-state index contributed by atoms with van der Waals surface area (Å²) in [6.07, 6.45) is 1.27. The van der Waals surface area contributed by atoms with Crippen LogP contribution in [0.2, 0.25) is 0 Å². The molecule has 0 radical (unpaired) electrons. The molecule has 0 bridgehead atoms. The summed E-state index contributed by atoms with van der Waals surface area (Å²) in [6, 6.07) is 3.26. The number of nitrogens with one attached hydrogen (secondary N) is 1. The van der Waals surface area contributed by atoms with Crippen LogP contribution in [0.1, 0.15) is 25.3 Å². The summed E-state index contributed by atoms with van der Waals surface area (Å²) >= 11 is 0. The van der Waals surface area contributed by atoms with E-state index in [2.05, 4.69) is 15.4 Å². The summed E-state index contributed by atoms with van der Waals surface area (Å²) in [5, 5.41) is 0. The van der Waals surface area contributed by atoms with Crippen molar-refractivity contribution in [3.8, 4) is 11.6 Å². The van der Waals surface area contributed by atoms with E-state index in [1.54, 1.807) is 0 Å². The molecule has 1 aromatic carbocycles. The van der Waals surface area contributed by atoms with Gasteiger partial charge < -0.3 is 10.2 Å². The Morgan fingerprint density at radius 1 is 1.20 bits per heavy atom. The standard InChI is InChI=1S/C13H14F2N4O/c1-7(2)11-12(19-16)17-6-18-13(11)20-8-3-4-9(14)10(15)5-8/h3-7H,16H2,1-2H3,(H,17,18,19). The summed E-state index contributed by atoms with van der Waals surface area (Å²) in [5.74, 6) is 4.31. The first kappa shape index (κ1) is 14.1. The number of hydrazine groups is 1. The first-order chi connectivity index (χ1) is 9.52. The van der Waals surface area contributed by atoms with Crippen molar-refractivity contribution < 1.29 is 13.5 Å². The number of hydrogen-bond acceptors (Lipinski definition) is 5. The maximum absolute atomic E-state index is 13.2. The molecule has 0 fully saturated rings. The lowest BCUT2D eigenvalue weighted by Crippen LogP contribution is -2.13. The van der Waals surface area contributed by atoms with Gasteiger partial charge in [-0.2, -0.15) is 0 Å². The van der Waals surface area contributed by atoms with Gasteiger partial charge in [0.05, 0.1) is 5.56 Å². The predicted octanol–water partition coefficient (Wildman–Crippen LogP) is 2.96. The topological polar surface area (TPSA) is 73.1 Å². The summed E-state index contributed by atoms with van der Waals surface area (Å²) in [6.45, 7) is 3.83. The van der Waals surface area contributed by atoms with Gasteiger partial charge in [0.25, 0.3) is 0 Å². The van der Waals surface area contributed by atoms with E-state index < -0.39 is 11.6 Å². The Morgan fingerprint density at radius 2 is 1.95 bits per heavy atom. The molecule has 0 atom stereocenters. The molecule has 3 N–H and O–H groups in total. The van der Waals surface area contributed by atoms with E-state index in [0.29, 0.717) is 11.4 Å². The molecule has 106 valence electrons. The summed E-state index contributed by atoms with van der Waals surface area (Å²) in [4.78, 5) is 8.00. The lowest BCUT2D eigenvalue weighted by atomic mass is 10.1. The van der Waals surface area contributed by atoms with E-state index in [0.717, 1.165) is 12.1 Å². The zero-order valence-electron chi connectivity index (χ0n) is 11.0. The number of rotatable bonds is 4. The van der Waals surface area contributed by atoms with Gasteiger partial charge >= 0.3 is 0 Å². The van der Waals surface area contributed by atoms with Crippen molar-refractivity contribution in [2.75, 3.05) is 5.43 Å². The van der Waals surface area contributed by atoms with Crippen molar-refractivity contribution >= 4 is 5.82 Å². The number of benzene rings is 1. The van der Waals surface area contributed by atoms with Gasteiger partial charge in [-0.1, -0.05) is 13.8 Å². The Bertz CT molecular complexity index is 619. The zero-order chi connectivity index (χ0) is 14.7. The Morgan fingerprint density at radius 3 is 2.55 bits per heavy atom. The largest absolute Gasteiger partial charge is 0.438 e. The Balaban J connectivity index is 2.40. The smallest absolute Gasteiger partial charge is 0.227 e. The van der Waals surface area contributed by atoms with Gasteiger partial charge in [0.15, 0.2) is 17.5 Å². The van der Waals surface area contributed by atoms with Gasteiger partial charge in [-0.05, 0) is 18.1 Å². The minimum atomic E-state index is -0.986. The monoisotopic (exact) mass is 280 g/mol. The van der Waals surface area contributed by atoms with Crippen molar-refractivity contribution in [3.63, 3.8) is 0 Å². The second-order valence-electron chi connectivity index (χ2n) is 4.42. The molecule has 5 nitrogen and oxygen atoms in total. The molecule has 0 saturated heterocycles. The fourth-order valence-corrected chi connectivity index (χ4v) is 1.75. The molecule has 0 unspecified atom stereocenters. The minimum absolute atomic E-state index is 0.0301. The molecule has 20 heavy (non-hydrogen) atoms. The van der Waals surface area contributed by atoms with Crippen LogP contribution in [0.15, 0.2) is 24.5 Å². The maximum atomic E-state index is 13.2. The number of halogens is 2. The molecule has 0 spiro atoms. The molecule has 0 aliphatic heterocycles. The third-order valence-electron chi connectivity index (χ3n) is 2.67. The number of nitrogen functional groups attached to an aromatic ring is 1. The van der Waals surface area contributed by atoms with E-state index in [9.17, 15) is 8.78 Å². The van der Waals surface area contributed by atoms with Crippen LogP contribution in [0, 0.1) is 11.6 Å². The molecule has 0 aliphatic rings. The predicted molar refractivity (Wildman–Crippen MR) is 70.4 cm³/mol. The van der Waals surface area contributed by atoms with Gasteiger partial charge in [-0.3, -0.25) is 0 Å². The first-order valence-corrected chi connectivity index (χ1v) is 5.97. The van der Waals surface area contributed by atoms with Gasteiger partial charge in [0.1, 0.15) is 12.1 Å². The summed E-state index contributed by atoms with van der Waals surface area (Å²) in [7, 11) is 0. The highest BCUT2D eigenvalue weighted by Crippen LogP contribution is 2.32. The second kappa shape index (κ2) is 5.79. The number of anilines is 1. The van der Waals surface area contributed by atoms with Crippen LogP contribution in [-0.2, 0) is 0 Å². The van der Waals surface area contributed by atoms with Crippen molar-refractivity contribution in [3.05, 3.63) is 41.7 Å². The maximum Gasteiger partial charge on any atom is 0.227 e. The van der Waals surface area contributed by atoms with Gasteiger partial charge in [-0.25, -0.2) is 24.6 Å². The van der Waals surface area contributed by atoms with E-state index >= 15 is 0 Å². The second-order valence-corrected chi connectivity index (χ2v) is 4.42. The van der Waals surface area contributed by atoms with Crippen LogP contribution in [0.3, 0.4) is 0 Å². The van der Waals surface area contributed by atoms with Crippen molar-refractivity contribution in [1.29, 1.82) is 0 Å². The highest BCUT2D eigenvalue weighted by atomic mass is 19.2. The van der Waals surface area contributed by atoms with Crippen LogP contribution in [-0.4, -0.2) is 9.97 Å². The van der Waals surface area contributed by atoms with Crippen LogP contribution in [0.4, 0.5) is 14.6 Å². The highest BCUT2D eigenvalue weighted by molar-refractivity contribution is 5.50. The van der Waals surface area contributed by atoms with E-state index in [1.165, 1.54) is 12.4 Å². The minimum Gasteiger partial charge on any atom is -0.438 e. The highest BCUT2D eigenvalue weighted by Gasteiger charge is 2.16. The van der Waals surface area contributed by atoms with Gasteiger partial charge in [-0.15, -0.1) is 0 Å². The summed E-state index contributed by atoms with van der Waals surface area (Å²) in [5.41, 5.74) is 3.11. The molecule has 1 aromatic heterocycles. The SMILES string of the molecule is CC(C)c1c(NN)ncnc1Oc1ccc(F)c(F)c1. The van der Waals surface area contributed by atoms with Crippen molar-refractivity contribution in [1.82, 2.24) is 9.97 Å².